The van der Waals surface area contributed by atoms with Gasteiger partial charge in [-0.3, -0.25) is 0 Å². The van der Waals surface area contributed by atoms with Crippen LogP contribution >= 0.6 is 11.3 Å². The fourth-order valence-electron chi connectivity index (χ4n) is 3.05. The van der Waals surface area contributed by atoms with Crippen molar-refractivity contribution in [2.45, 2.75) is 65.1 Å². The minimum atomic E-state index is 0.564. The van der Waals surface area contributed by atoms with Crippen molar-refractivity contribution in [1.29, 1.82) is 0 Å². The SMILES string of the molecule is CC(C)NCc1ccc(CN(C)CC2CCCCC2)s1. The monoisotopic (exact) mass is 294 g/mol. The van der Waals surface area contributed by atoms with Crippen LogP contribution in [0, 0.1) is 5.92 Å². The molecule has 0 aliphatic heterocycles. The van der Waals surface area contributed by atoms with Gasteiger partial charge in [-0.15, -0.1) is 11.3 Å². The summed E-state index contributed by atoms with van der Waals surface area (Å²) in [6.45, 7) is 7.80. The molecule has 0 aromatic carbocycles. The van der Waals surface area contributed by atoms with Crippen molar-refractivity contribution in [2.24, 2.45) is 5.92 Å². The maximum absolute atomic E-state index is 3.49. The summed E-state index contributed by atoms with van der Waals surface area (Å²) in [6.07, 6.45) is 7.24. The Balaban J connectivity index is 1.74. The molecule has 1 saturated carbocycles. The second kappa shape index (κ2) is 8.16. The zero-order valence-corrected chi connectivity index (χ0v) is 14.1. The average molecular weight is 295 g/mol. The van der Waals surface area contributed by atoms with E-state index < -0.39 is 0 Å². The van der Waals surface area contributed by atoms with E-state index in [1.54, 1.807) is 0 Å². The van der Waals surface area contributed by atoms with E-state index in [2.05, 4.69) is 43.2 Å². The summed E-state index contributed by atoms with van der Waals surface area (Å²) in [6, 6.07) is 5.15. The van der Waals surface area contributed by atoms with Crippen LogP contribution in [0.5, 0.6) is 0 Å². The third kappa shape index (κ3) is 5.55. The van der Waals surface area contributed by atoms with E-state index in [0.29, 0.717) is 6.04 Å². The van der Waals surface area contributed by atoms with Gasteiger partial charge in [-0.25, -0.2) is 0 Å². The molecule has 3 heteroatoms. The highest BCUT2D eigenvalue weighted by Crippen LogP contribution is 2.25. The van der Waals surface area contributed by atoms with Crippen molar-refractivity contribution in [1.82, 2.24) is 10.2 Å². The summed E-state index contributed by atoms with van der Waals surface area (Å²) in [5.41, 5.74) is 0. The summed E-state index contributed by atoms with van der Waals surface area (Å²) in [5, 5.41) is 3.49. The smallest absolute Gasteiger partial charge is 0.0325 e. The lowest BCUT2D eigenvalue weighted by Gasteiger charge is -2.26. The van der Waals surface area contributed by atoms with Crippen LogP contribution in [0.3, 0.4) is 0 Å². The lowest BCUT2D eigenvalue weighted by Crippen LogP contribution is -2.26. The van der Waals surface area contributed by atoms with E-state index in [-0.39, 0.29) is 0 Å². The largest absolute Gasteiger partial charge is 0.310 e. The topological polar surface area (TPSA) is 15.3 Å². The van der Waals surface area contributed by atoms with Crippen LogP contribution in [0.4, 0.5) is 0 Å². The van der Waals surface area contributed by atoms with Crippen LogP contribution in [0.25, 0.3) is 0 Å². The van der Waals surface area contributed by atoms with E-state index in [1.165, 1.54) is 48.4 Å². The first kappa shape index (κ1) is 16.0. The Hall–Kier alpha value is -0.380. The summed E-state index contributed by atoms with van der Waals surface area (Å²) in [4.78, 5) is 5.48. The summed E-state index contributed by atoms with van der Waals surface area (Å²) in [7, 11) is 2.28. The van der Waals surface area contributed by atoms with Gasteiger partial charge < -0.3 is 10.2 Å². The number of hydrogen-bond donors (Lipinski definition) is 1. The van der Waals surface area contributed by atoms with Crippen molar-refractivity contribution in [3.8, 4) is 0 Å². The second-order valence-corrected chi connectivity index (χ2v) is 7.86. The number of nitrogens with one attached hydrogen (secondary N) is 1. The van der Waals surface area contributed by atoms with Crippen molar-refractivity contribution in [3.05, 3.63) is 21.9 Å². The highest BCUT2D eigenvalue weighted by molar-refractivity contribution is 7.11. The number of nitrogens with zero attached hydrogens (tertiary/aromatic N) is 1. The Morgan fingerprint density at radius 2 is 1.90 bits per heavy atom. The first-order valence-electron chi connectivity index (χ1n) is 8.13. The fourth-order valence-corrected chi connectivity index (χ4v) is 4.10. The van der Waals surface area contributed by atoms with Gasteiger partial charge in [0.05, 0.1) is 0 Å². The van der Waals surface area contributed by atoms with Gasteiger partial charge in [-0.2, -0.15) is 0 Å². The molecule has 1 fully saturated rings. The number of rotatable bonds is 7. The highest BCUT2D eigenvalue weighted by atomic mass is 32.1. The standard InChI is InChI=1S/C17H30N2S/c1-14(2)18-11-16-9-10-17(20-16)13-19(3)12-15-7-5-4-6-8-15/h9-10,14-15,18H,4-8,11-13H2,1-3H3. The Labute approximate surface area is 128 Å². The second-order valence-electron chi connectivity index (χ2n) is 6.60. The molecule has 0 amide bonds. The molecule has 1 aliphatic carbocycles. The Kier molecular flexibility index (Phi) is 6.53. The Morgan fingerprint density at radius 3 is 2.60 bits per heavy atom. The zero-order chi connectivity index (χ0) is 14.4. The molecule has 0 spiro atoms. The molecule has 2 rings (SSSR count). The minimum absolute atomic E-state index is 0.564. The first-order valence-corrected chi connectivity index (χ1v) is 8.94. The molecule has 1 aromatic rings. The highest BCUT2D eigenvalue weighted by Gasteiger charge is 2.15. The molecule has 1 aromatic heterocycles. The van der Waals surface area contributed by atoms with E-state index in [9.17, 15) is 0 Å². The predicted molar refractivity (Wildman–Crippen MR) is 89.2 cm³/mol. The van der Waals surface area contributed by atoms with Crippen LogP contribution in [-0.2, 0) is 13.1 Å². The zero-order valence-electron chi connectivity index (χ0n) is 13.3. The van der Waals surface area contributed by atoms with Gasteiger partial charge in [0.1, 0.15) is 0 Å². The fraction of sp³-hybridized carbons (Fsp3) is 0.765. The third-order valence-electron chi connectivity index (χ3n) is 4.12. The normalized spacial score (nSPS) is 17.2. The van der Waals surface area contributed by atoms with Gasteiger partial charge in [0, 0.05) is 35.4 Å². The molecular formula is C17H30N2S. The van der Waals surface area contributed by atoms with Crippen LogP contribution < -0.4 is 5.32 Å². The van der Waals surface area contributed by atoms with Crippen LogP contribution in [0.1, 0.15) is 55.7 Å². The van der Waals surface area contributed by atoms with Gasteiger partial charge in [0.15, 0.2) is 0 Å². The molecule has 0 radical (unpaired) electrons. The summed E-state index contributed by atoms with van der Waals surface area (Å²) < 4.78 is 0. The number of thiophene rings is 1. The third-order valence-corrected chi connectivity index (χ3v) is 5.19. The quantitative estimate of drug-likeness (QED) is 0.808. The van der Waals surface area contributed by atoms with E-state index in [1.807, 2.05) is 11.3 Å². The van der Waals surface area contributed by atoms with E-state index in [0.717, 1.165) is 19.0 Å². The molecule has 1 N–H and O–H groups in total. The van der Waals surface area contributed by atoms with Crippen molar-refractivity contribution in [2.75, 3.05) is 13.6 Å². The van der Waals surface area contributed by atoms with Gasteiger partial charge in [0.2, 0.25) is 0 Å². The maximum Gasteiger partial charge on any atom is 0.0325 e. The van der Waals surface area contributed by atoms with Crippen molar-refractivity contribution < 1.29 is 0 Å². The molecule has 1 aliphatic rings. The van der Waals surface area contributed by atoms with Gasteiger partial charge in [-0.1, -0.05) is 33.1 Å². The van der Waals surface area contributed by atoms with Crippen LogP contribution in [0.15, 0.2) is 12.1 Å². The average Bonchev–Trinajstić information content (AvgIpc) is 2.85. The number of hydrogen-bond acceptors (Lipinski definition) is 3. The van der Waals surface area contributed by atoms with Crippen molar-refractivity contribution >= 4 is 11.3 Å². The lowest BCUT2D eigenvalue weighted by atomic mass is 9.89. The molecular weight excluding hydrogens is 264 g/mol. The molecule has 1 heterocycles. The molecule has 0 bridgehead atoms. The predicted octanol–water partition coefficient (Wildman–Crippen LogP) is 4.26. The van der Waals surface area contributed by atoms with Crippen LogP contribution in [-0.4, -0.2) is 24.5 Å². The van der Waals surface area contributed by atoms with Gasteiger partial charge in [0.25, 0.3) is 0 Å². The van der Waals surface area contributed by atoms with Gasteiger partial charge in [-0.05, 0) is 37.9 Å². The Morgan fingerprint density at radius 1 is 1.20 bits per heavy atom. The molecule has 0 saturated heterocycles. The molecule has 2 nitrogen and oxygen atoms in total. The molecule has 20 heavy (non-hydrogen) atoms. The Bertz CT molecular complexity index is 380. The van der Waals surface area contributed by atoms with E-state index >= 15 is 0 Å². The van der Waals surface area contributed by atoms with Gasteiger partial charge >= 0.3 is 0 Å². The molecule has 114 valence electrons. The van der Waals surface area contributed by atoms with Crippen molar-refractivity contribution in [3.63, 3.8) is 0 Å². The first-order chi connectivity index (χ1) is 9.63. The summed E-state index contributed by atoms with van der Waals surface area (Å²) >= 11 is 1.96. The molecule has 0 atom stereocenters. The minimum Gasteiger partial charge on any atom is -0.310 e. The maximum atomic E-state index is 3.49. The van der Waals surface area contributed by atoms with E-state index in [4.69, 9.17) is 0 Å². The lowest BCUT2D eigenvalue weighted by molar-refractivity contribution is 0.229. The summed E-state index contributed by atoms with van der Waals surface area (Å²) in [5.74, 6) is 0.941. The molecule has 0 unspecified atom stereocenters. The van der Waals surface area contributed by atoms with Crippen LogP contribution in [0.2, 0.25) is 0 Å².